The summed E-state index contributed by atoms with van der Waals surface area (Å²) in [7, 11) is 0. The maximum absolute atomic E-state index is 4.63. The van der Waals surface area contributed by atoms with Gasteiger partial charge in [0.15, 0.2) is 4.77 Å². The summed E-state index contributed by atoms with van der Waals surface area (Å²) in [4.78, 5) is 14.0. The number of imidazole rings is 1. The Morgan fingerprint density at radius 1 is 1.06 bits per heavy atom. The van der Waals surface area contributed by atoms with E-state index in [0.717, 1.165) is 16.7 Å². The van der Waals surface area contributed by atoms with Crippen LogP contribution in [0.5, 0.6) is 0 Å². The average molecular weight is 244 g/mol. The first-order chi connectivity index (χ1) is 8.25. The minimum Gasteiger partial charge on any atom is -0.338 e. The summed E-state index contributed by atoms with van der Waals surface area (Å²) in [5, 5.41) is 0. The normalized spacial score (nSPS) is 9.71. The fraction of sp³-hybridized carbons (Fsp3) is 0.0833. The molecule has 3 aromatic rings. The number of hydrogen-bond donors (Lipinski definition) is 2. The number of rotatable bonds is 0. The molecule has 1 aromatic carbocycles. The van der Waals surface area contributed by atoms with Crippen LogP contribution in [0.1, 0.15) is 5.69 Å². The van der Waals surface area contributed by atoms with Crippen LogP contribution in [0.3, 0.4) is 0 Å². The smallest absolute Gasteiger partial charge is 0.174 e. The number of hydrogen-bond acceptors (Lipinski definition) is 3. The second kappa shape index (κ2) is 5.36. The minimum absolute atomic E-state index is 0.676. The number of aromatic nitrogens is 4. The Kier molecular flexibility index (Phi) is 3.62. The highest BCUT2D eigenvalue weighted by atomic mass is 32.1. The quantitative estimate of drug-likeness (QED) is 0.598. The number of aromatic amines is 2. The zero-order chi connectivity index (χ0) is 12.1. The van der Waals surface area contributed by atoms with E-state index < -0.39 is 0 Å². The average Bonchev–Trinajstić information content (AvgIpc) is 2.81. The predicted molar refractivity (Wildman–Crippen MR) is 70.3 cm³/mol. The molecule has 5 heteroatoms. The van der Waals surface area contributed by atoms with Crippen molar-refractivity contribution < 1.29 is 0 Å². The molecule has 2 aromatic heterocycles. The first-order valence-electron chi connectivity index (χ1n) is 5.16. The number of para-hydroxylation sites is 2. The van der Waals surface area contributed by atoms with Gasteiger partial charge >= 0.3 is 0 Å². The van der Waals surface area contributed by atoms with Gasteiger partial charge in [0.1, 0.15) is 0 Å². The van der Waals surface area contributed by atoms with Crippen molar-refractivity contribution in [3.63, 3.8) is 0 Å². The van der Waals surface area contributed by atoms with E-state index in [2.05, 4.69) is 32.2 Å². The zero-order valence-electron chi connectivity index (χ0n) is 9.34. The summed E-state index contributed by atoms with van der Waals surface area (Å²) >= 11 is 4.63. The largest absolute Gasteiger partial charge is 0.338 e. The number of nitrogens with zero attached hydrogens (tertiary/aromatic N) is 2. The van der Waals surface area contributed by atoms with Gasteiger partial charge in [0, 0.05) is 18.6 Å². The molecule has 3 rings (SSSR count). The fourth-order valence-electron chi connectivity index (χ4n) is 1.33. The van der Waals surface area contributed by atoms with E-state index in [1.54, 1.807) is 18.6 Å². The van der Waals surface area contributed by atoms with Gasteiger partial charge in [-0.3, -0.25) is 4.98 Å². The van der Waals surface area contributed by atoms with Crippen LogP contribution in [-0.4, -0.2) is 19.9 Å². The molecule has 0 saturated carbocycles. The van der Waals surface area contributed by atoms with Crippen molar-refractivity contribution in [3.05, 3.63) is 53.3 Å². The molecule has 0 spiro atoms. The number of fused-ring (bicyclic) bond motifs is 1. The van der Waals surface area contributed by atoms with Gasteiger partial charge in [-0.25, -0.2) is 4.98 Å². The maximum Gasteiger partial charge on any atom is 0.174 e. The summed E-state index contributed by atoms with van der Waals surface area (Å²) in [6.45, 7) is 1.94. The third kappa shape index (κ3) is 3.22. The molecule has 0 aliphatic carbocycles. The molecule has 0 aliphatic rings. The monoisotopic (exact) mass is 244 g/mol. The van der Waals surface area contributed by atoms with E-state index in [9.17, 15) is 0 Å². The fourth-order valence-corrected chi connectivity index (χ4v) is 1.46. The van der Waals surface area contributed by atoms with Crippen molar-refractivity contribution in [3.8, 4) is 0 Å². The van der Waals surface area contributed by atoms with E-state index in [0.29, 0.717) is 4.77 Å². The standard InChI is InChI=1S/C9H8N2.C3H4N2S/c1-7-6-10-8-4-2-3-5-9(8)11-7;6-3-4-1-2-5-3/h2-6H,1H3;1-2H,(H2,4,5,6). The first kappa shape index (κ1) is 11.5. The van der Waals surface area contributed by atoms with Crippen molar-refractivity contribution in [1.29, 1.82) is 0 Å². The molecule has 4 nitrogen and oxygen atoms in total. The van der Waals surface area contributed by atoms with Crippen LogP contribution in [0.25, 0.3) is 11.0 Å². The number of nitrogens with one attached hydrogen (secondary N) is 2. The molecule has 2 heterocycles. The topological polar surface area (TPSA) is 57.4 Å². The molecular weight excluding hydrogens is 232 g/mol. The van der Waals surface area contributed by atoms with Crippen LogP contribution in [0.4, 0.5) is 0 Å². The van der Waals surface area contributed by atoms with Crippen LogP contribution < -0.4 is 0 Å². The molecule has 0 bridgehead atoms. The summed E-state index contributed by atoms with van der Waals surface area (Å²) in [5.74, 6) is 0. The van der Waals surface area contributed by atoms with Crippen LogP contribution in [0, 0.1) is 11.7 Å². The Bertz CT molecular complexity index is 640. The van der Waals surface area contributed by atoms with E-state index in [-0.39, 0.29) is 0 Å². The van der Waals surface area contributed by atoms with Gasteiger partial charge in [-0.15, -0.1) is 0 Å². The molecule has 0 fully saturated rings. The van der Waals surface area contributed by atoms with E-state index in [1.807, 2.05) is 31.2 Å². The van der Waals surface area contributed by atoms with Crippen molar-refractivity contribution >= 4 is 23.3 Å². The Morgan fingerprint density at radius 3 is 2.29 bits per heavy atom. The van der Waals surface area contributed by atoms with Gasteiger partial charge in [0.2, 0.25) is 0 Å². The van der Waals surface area contributed by atoms with Gasteiger partial charge in [-0.2, -0.15) is 0 Å². The van der Waals surface area contributed by atoms with Gasteiger partial charge in [0.25, 0.3) is 0 Å². The molecule has 86 valence electrons. The molecular formula is C12H12N4S. The first-order valence-corrected chi connectivity index (χ1v) is 5.57. The zero-order valence-corrected chi connectivity index (χ0v) is 10.2. The van der Waals surface area contributed by atoms with Crippen molar-refractivity contribution in [1.82, 2.24) is 19.9 Å². The second-order valence-electron chi connectivity index (χ2n) is 3.45. The van der Waals surface area contributed by atoms with Gasteiger partial charge in [-0.1, -0.05) is 12.1 Å². The molecule has 0 unspecified atom stereocenters. The molecule has 0 saturated heterocycles. The summed E-state index contributed by atoms with van der Waals surface area (Å²) in [5.41, 5.74) is 2.88. The number of H-pyrrole nitrogens is 2. The highest BCUT2D eigenvalue weighted by molar-refractivity contribution is 7.71. The molecule has 0 radical (unpaired) electrons. The molecule has 0 amide bonds. The lowest BCUT2D eigenvalue weighted by atomic mass is 10.3. The molecule has 0 aliphatic heterocycles. The lowest BCUT2D eigenvalue weighted by Crippen LogP contribution is -1.85. The Labute approximate surface area is 104 Å². The maximum atomic E-state index is 4.63. The van der Waals surface area contributed by atoms with Gasteiger partial charge < -0.3 is 9.97 Å². The van der Waals surface area contributed by atoms with Crippen LogP contribution >= 0.6 is 12.2 Å². The van der Waals surface area contributed by atoms with Crippen molar-refractivity contribution in [2.24, 2.45) is 0 Å². The van der Waals surface area contributed by atoms with E-state index in [4.69, 9.17) is 0 Å². The minimum atomic E-state index is 0.676. The highest BCUT2D eigenvalue weighted by Gasteiger charge is 1.92. The van der Waals surface area contributed by atoms with E-state index in [1.165, 1.54) is 0 Å². The third-order valence-electron chi connectivity index (χ3n) is 2.08. The SMILES string of the molecule is Cc1cnc2ccccc2n1.S=c1[nH]cc[nH]1. The van der Waals surface area contributed by atoms with Crippen LogP contribution in [0.2, 0.25) is 0 Å². The Balaban J connectivity index is 0.000000153. The predicted octanol–water partition coefficient (Wildman–Crippen LogP) is 3.01. The third-order valence-corrected chi connectivity index (χ3v) is 2.32. The Morgan fingerprint density at radius 2 is 1.71 bits per heavy atom. The lowest BCUT2D eigenvalue weighted by molar-refractivity contribution is 1.19. The van der Waals surface area contributed by atoms with E-state index >= 15 is 0 Å². The Hall–Kier alpha value is -2.01. The number of benzene rings is 1. The summed E-state index contributed by atoms with van der Waals surface area (Å²) in [6.07, 6.45) is 5.28. The summed E-state index contributed by atoms with van der Waals surface area (Å²) < 4.78 is 0.676. The molecule has 2 N–H and O–H groups in total. The van der Waals surface area contributed by atoms with Gasteiger partial charge in [-0.05, 0) is 31.3 Å². The lowest BCUT2D eigenvalue weighted by Gasteiger charge is -1.95. The molecule has 0 atom stereocenters. The highest BCUT2D eigenvalue weighted by Crippen LogP contribution is 2.06. The van der Waals surface area contributed by atoms with Crippen LogP contribution in [-0.2, 0) is 0 Å². The number of aryl methyl sites for hydroxylation is 1. The second-order valence-corrected chi connectivity index (χ2v) is 3.86. The molecule has 17 heavy (non-hydrogen) atoms. The van der Waals surface area contributed by atoms with Crippen molar-refractivity contribution in [2.45, 2.75) is 6.92 Å². The summed E-state index contributed by atoms with van der Waals surface area (Å²) in [6, 6.07) is 7.86. The van der Waals surface area contributed by atoms with Gasteiger partial charge in [0.05, 0.1) is 16.7 Å². The van der Waals surface area contributed by atoms with Crippen molar-refractivity contribution in [2.75, 3.05) is 0 Å². The van der Waals surface area contributed by atoms with Crippen LogP contribution in [0.15, 0.2) is 42.9 Å².